The number of rotatable bonds is 4. The lowest BCUT2D eigenvalue weighted by molar-refractivity contribution is -0.591. The van der Waals surface area contributed by atoms with Gasteiger partial charge in [-0.1, -0.05) is 35.0 Å². The molecule has 0 amide bonds. The molecule has 0 aliphatic carbocycles. The number of guanidine groups is 1. The molecule has 3 heterocycles. The smallest absolute Gasteiger partial charge is 0.275 e. The summed E-state index contributed by atoms with van der Waals surface area (Å²) in [5, 5.41) is 3.84. The standard InChI is InChI=1S/C21H28BrN3/c1-3-4-5-6-18-14-20-12-11-19-13-15(2)23-21(25(19)20)24(18)17-9-7-16(22)8-10-17/h4-5,7-10,15,18-20H,3,6,11-14H2,1-2H3/p+1/b5-4+. The molecule has 0 radical (unpaired) electrons. The Morgan fingerprint density at radius 2 is 1.88 bits per heavy atom. The zero-order valence-electron chi connectivity index (χ0n) is 15.3. The number of halogens is 1. The van der Waals surface area contributed by atoms with Gasteiger partial charge in [-0.2, -0.15) is 0 Å². The second-order valence-electron chi connectivity index (χ2n) is 7.75. The van der Waals surface area contributed by atoms with Crippen molar-refractivity contribution >= 4 is 27.6 Å². The lowest BCUT2D eigenvalue weighted by Crippen LogP contribution is -2.63. The summed E-state index contributed by atoms with van der Waals surface area (Å²) in [6.45, 7) is 4.55. The number of nitrogens with zero attached hydrogens (tertiary/aromatic N) is 2. The number of nitrogens with one attached hydrogen (secondary N) is 1. The Kier molecular flexibility index (Phi) is 4.90. The summed E-state index contributed by atoms with van der Waals surface area (Å²) in [7, 11) is 0. The first-order valence-electron chi connectivity index (χ1n) is 9.79. The van der Waals surface area contributed by atoms with Crippen molar-refractivity contribution in [1.82, 2.24) is 5.32 Å². The van der Waals surface area contributed by atoms with Gasteiger partial charge >= 0.3 is 5.96 Å². The third kappa shape index (κ3) is 3.25. The molecule has 0 bridgehead atoms. The zero-order chi connectivity index (χ0) is 17.4. The fourth-order valence-corrected chi connectivity index (χ4v) is 5.14. The van der Waals surface area contributed by atoms with E-state index < -0.39 is 0 Å². The van der Waals surface area contributed by atoms with Gasteiger partial charge in [-0.15, -0.1) is 0 Å². The molecule has 4 unspecified atom stereocenters. The molecule has 3 aliphatic heterocycles. The summed E-state index contributed by atoms with van der Waals surface area (Å²) in [4.78, 5) is 2.58. The zero-order valence-corrected chi connectivity index (χ0v) is 16.9. The van der Waals surface area contributed by atoms with Gasteiger partial charge in [0.2, 0.25) is 0 Å². The molecule has 3 nitrogen and oxygen atoms in total. The highest BCUT2D eigenvalue weighted by molar-refractivity contribution is 9.10. The third-order valence-corrected chi connectivity index (χ3v) is 6.45. The summed E-state index contributed by atoms with van der Waals surface area (Å²) >= 11 is 3.58. The van der Waals surface area contributed by atoms with Crippen LogP contribution in [0.4, 0.5) is 5.69 Å². The van der Waals surface area contributed by atoms with Crippen molar-refractivity contribution in [2.24, 2.45) is 0 Å². The molecular formula is C21H29BrN3+. The van der Waals surface area contributed by atoms with Crippen LogP contribution in [0.5, 0.6) is 0 Å². The van der Waals surface area contributed by atoms with Gasteiger partial charge in [0, 0.05) is 17.3 Å². The highest BCUT2D eigenvalue weighted by atomic mass is 79.9. The second kappa shape index (κ2) is 7.14. The van der Waals surface area contributed by atoms with Gasteiger partial charge in [0.15, 0.2) is 0 Å². The molecule has 4 heteroatoms. The van der Waals surface area contributed by atoms with Crippen molar-refractivity contribution in [3.05, 3.63) is 40.9 Å². The molecule has 4 atom stereocenters. The molecule has 0 aromatic heterocycles. The summed E-state index contributed by atoms with van der Waals surface area (Å²) in [5.74, 6) is 1.36. The fourth-order valence-electron chi connectivity index (χ4n) is 4.87. The summed E-state index contributed by atoms with van der Waals surface area (Å²) in [5.41, 5.74) is 1.30. The van der Waals surface area contributed by atoms with Gasteiger partial charge in [-0.25, -0.2) is 4.90 Å². The van der Waals surface area contributed by atoms with Crippen molar-refractivity contribution < 1.29 is 4.58 Å². The SMILES string of the molecule is CC/C=C/CC1CC2CCC3CC(C)NC(=[N+]32)N1c1ccc(Br)cc1. The fraction of sp³-hybridized carbons (Fsp3) is 0.571. The number of hydrogen-bond acceptors (Lipinski definition) is 2. The van der Waals surface area contributed by atoms with Crippen LogP contribution in [0.3, 0.4) is 0 Å². The Bertz CT molecular complexity index is 679. The van der Waals surface area contributed by atoms with Gasteiger partial charge < -0.3 is 0 Å². The molecule has 0 spiro atoms. The monoisotopic (exact) mass is 402 g/mol. The van der Waals surface area contributed by atoms with E-state index in [1.54, 1.807) is 0 Å². The predicted molar refractivity (Wildman–Crippen MR) is 108 cm³/mol. The van der Waals surface area contributed by atoms with Crippen LogP contribution in [-0.2, 0) is 0 Å². The van der Waals surface area contributed by atoms with E-state index in [2.05, 4.69) is 81.0 Å². The van der Waals surface area contributed by atoms with Crippen LogP contribution in [0.25, 0.3) is 0 Å². The molecule has 25 heavy (non-hydrogen) atoms. The molecule has 0 saturated carbocycles. The predicted octanol–water partition coefficient (Wildman–Crippen LogP) is 4.67. The van der Waals surface area contributed by atoms with Crippen molar-refractivity contribution in [2.75, 3.05) is 4.90 Å². The van der Waals surface area contributed by atoms with Crippen LogP contribution in [-0.4, -0.2) is 34.7 Å². The number of anilines is 1. The van der Waals surface area contributed by atoms with Crippen molar-refractivity contribution in [1.29, 1.82) is 0 Å². The Hall–Kier alpha value is -1.29. The van der Waals surface area contributed by atoms with Gasteiger partial charge in [0.1, 0.15) is 5.69 Å². The van der Waals surface area contributed by atoms with E-state index in [0.717, 1.165) is 23.4 Å². The van der Waals surface area contributed by atoms with Crippen LogP contribution in [0.1, 0.15) is 52.4 Å². The molecular weight excluding hydrogens is 374 g/mol. The topological polar surface area (TPSA) is 18.3 Å². The quantitative estimate of drug-likeness (QED) is 0.582. The van der Waals surface area contributed by atoms with E-state index in [1.165, 1.54) is 37.3 Å². The minimum Gasteiger partial charge on any atom is -0.275 e. The number of allylic oxidation sites excluding steroid dienone is 1. The van der Waals surface area contributed by atoms with Crippen molar-refractivity contribution in [2.45, 2.75) is 76.5 Å². The molecule has 1 fully saturated rings. The lowest BCUT2D eigenvalue weighted by atomic mass is 9.97. The Morgan fingerprint density at radius 3 is 2.60 bits per heavy atom. The highest BCUT2D eigenvalue weighted by Crippen LogP contribution is 2.36. The molecule has 3 aliphatic rings. The molecule has 134 valence electrons. The molecule has 4 rings (SSSR count). The maximum absolute atomic E-state index is 3.84. The Balaban J connectivity index is 1.75. The van der Waals surface area contributed by atoms with E-state index in [1.807, 2.05) is 0 Å². The van der Waals surface area contributed by atoms with Gasteiger partial charge in [-0.3, -0.25) is 9.89 Å². The maximum atomic E-state index is 3.84. The Morgan fingerprint density at radius 1 is 1.16 bits per heavy atom. The maximum Gasteiger partial charge on any atom is 0.354 e. The molecule has 1 aromatic rings. The molecule has 1 saturated heterocycles. The van der Waals surface area contributed by atoms with E-state index >= 15 is 0 Å². The first-order chi connectivity index (χ1) is 12.2. The average Bonchev–Trinajstić information content (AvgIpc) is 3.00. The summed E-state index contributed by atoms with van der Waals surface area (Å²) in [6, 6.07) is 11.4. The van der Waals surface area contributed by atoms with Crippen molar-refractivity contribution in [3.8, 4) is 0 Å². The van der Waals surface area contributed by atoms with Crippen LogP contribution in [0.2, 0.25) is 0 Å². The molecule has 1 N–H and O–H groups in total. The second-order valence-corrected chi connectivity index (χ2v) is 8.66. The lowest BCUT2D eigenvalue weighted by Gasteiger charge is -2.41. The van der Waals surface area contributed by atoms with Crippen LogP contribution in [0, 0.1) is 0 Å². The number of benzene rings is 1. The highest BCUT2D eigenvalue weighted by Gasteiger charge is 2.49. The Labute approximate surface area is 159 Å². The minimum absolute atomic E-state index is 0.539. The van der Waals surface area contributed by atoms with Crippen LogP contribution < -0.4 is 10.2 Å². The van der Waals surface area contributed by atoms with Crippen LogP contribution in [0.15, 0.2) is 40.9 Å². The largest absolute Gasteiger partial charge is 0.354 e. The van der Waals surface area contributed by atoms with E-state index in [0.29, 0.717) is 18.1 Å². The van der Waals surface area contributed by atoms with Crippen molar-refractivity contribution in [3.63, 3.8) is 0 Å². The van der Waals surface area contributed by atoms with Gasteiger partial charge in [0.05, 0.1) is 24.2 Å². The summed E-state index contributed by atoms with van der Waals surface area (Å²) in [6.07, 6.45) is 12.2. The van der Waals surface area contributed by atoms with E-state index in [4.69, 9.17) is 0 Å². The van der Waals surface area contributed by atoms with Crippen LogP contribution >= 0.6 is 15.9 Å². The first kappa shape index (κ1) is 17.1. The van der Waals surface area contributed by atoms with E-state index in [9.17, 15) is 0 Å². The molecule has 1 aromatic carbocycles. The first-order valence-corrected chi connectivity index (χ1v) is 10.6. The number of hydrogen-bond donors (Lipinski definition) is 1. The normalized spacial score (nSPS) is 31.4. The average molecular weight is 403 g/mol. The summed E-state index contributed by atoms with van der Waals surface area (Å²) < 4.78 is 3.85. The third-order valence-electron chi connectivity index (χ3n) is 5.92. The minimum atomic E-state index is 0.539. The van der Waals surface area contributed by atoms with Gasteiger partial charge in [0.25, 0.3) is 0 Å². The van der Waals surface area contributed by atoms with Gasteiger partial charge in [-0.05, 0) is 56.9 Å². The van der Waals surface area contributed by atoms with E-state index in [-0.39, 0.29) is 0 Å².